The van der Waals surface area contributed by atoms with Gasteiger partial charge in [0.15, 0.2) is 0 Å². The number of ether oxygens (including phenoxy) is 1. The van der Waals surface area contributed by atoms with Crippen molar-refractivity contribution in [3.8, 4) is 5.75 Å². The molecule has 2 aliphatic heterocycles. The van der Waals surface area contributed by atoms with Crippen molar-refractivity contribution in [2.45, 2.75) is 25.4 Å². The van der Waals surface area contributed by atoms with Crippen LogP contribution in [0.3, 0.4) is 0 Å². The quantitative estimate of drug-likeness (QED) is 0.403. The number of aliphatic hydroxyl groups excluding tert-OH is 1. The summed E-state index contributed by atoms with van der Waals surface area (Å²) in [6.07, 6.45) is 4.68. The van der Waals surface area contributed by atoms with E-state index in [1.807, 2.05) is 6.07 Å². The van der Waals surface area contributed by atoms with Crippen molar-refractivity contribution in [1.29, 1.82) is 0 Å². The number of likely N-dealkylation sites (tertiary alicyclic amines) is 1. The van der Waals surface area contributed by atoms with Crippen LogP contribution in [0.25, 0.3) is 5.76 Å². The number of nitrogens with zero attached hydrogens (tertiary/aromatic N) is 1. The van der Waals surface area contributed by atoms with E-state index < -0.39 is 17.7 Å². The van der Waals surface area contributed by atoms with Crippen LogP contribution in [0.4, 0.5) is 0 Å². The normalized spacial score (nSPS) is 20.3. The van der Waals surface area contributed by atoms with Gasteiger partial charge in [0, 0.05) is 5.56 Å². The number of hydrogen-bond donors (Lipinski definition) is 1. The maximum Gasteiger partial charge on any atom is 0.296 e. The van der Waals surface area contributed by atoms with Crippen LogP contribution in [-0.2, 0) is 22.6 Å². The summed E-state index contributed by atoms with van der Waals surface area (Å²) >= 11 is 0. The average molecular weight is 405 g/mol. The number of Topliss-reactive ketones (excluding diaryl/α,β-unsaturated/α-hetero) is 1. The summed E-state index contributed by atoms with van der Waals surface area (Å²) in [4.78, 5) is 27.1. The van der Waals surface area contributed by atoms with Crippen LogP contribution in [0.2, 0.25) is 0 Å². The van der Waals surface area contributed by atoms with Crippen molar-refractivity contribution in [2.24, 2.45) is 0 Å². The molecule has 30 heavy (non-hydrogen) atoms. The molecule has 1 saturated heterocycles. The summed E-state index contributed by atoms with van der Waals surface area (Å²) in [6.45, 7) is 0.743. The van der Waals surface area contributed by atoms with E-state index in [0.717, 1.165) is 24.2 Å². The number of benzene rings is 1. The summed E-state index contributed by atoms with van der Waals surface area (Å²) in [5.74, 6) is -0.00299. The number of hydrogen-bond acceptors (Lipinski definition) is 6. The van der Waals surface area contributed by atoms with Crippen LogP contribution in [0.15, 0.2) is 69.4 Å². The molecule has 3 aromatic rings. The Hall–Kier alpha value is -3.74. The summed E-state index contributed by atoms with van der Waals surface area (Å²) in [6, 6.07) is 11.2. The van der Waals surface area contributed by atoms with E-state index in [9.17, 15) is 14.7 Å². The Balaban J connectivity index is 1.61. The Labute approximate surface area is 172 Å². The van der Waals surface area contributed by atoms with E-state index in [4.69, 9.17) is 13.6 Å². The van der Waals surface area contributed by atoms with Gasteiger partial charge in [-0.1, -0.05) is 0 Å². The van der Waals surface area contributed by atoms with Crippen LogP contribution >= 0.6 is 0 Å². The first-order valence-corrected chi connectivity index (χ1v) is 9.74. The molecule has 7 nitrogen and oxygen atoms in total. The highest BCUT2D eigenvalue weighted by molar-refractivity contribution is 6.46. The fourth-order valence-corrected chi connectivity index (χ4v) is 4.02. The maximum absolute atomic E-state index is 12.9. The van der Waals surface area contributed by atoms with Crippen LogP contribution in [0.5, 0.6) is 5.75 Å². The van der Waals surface area contributed by atoms with Crippen molar-refractivity contribution in [3.63, 3.8) is 0 Å². The highest BCUT2D eigenvalue weighted by Crippen LogP contribution is 2.41. The third kappa shape index (κ3) is 2.99. The molecule has 152 valence electrons. The van der Waals surface area contributed by atoms with Crippen LogP contribution < -0.4 is 4.74 Å². The zero-order valence-electron chi connectivity index (χ0n) is 16.0. The zero-order valence-corrected chi connectivity index (χ0v) is 16.0. The summed E-state index contributed by atoms with van der Waals surface area (Å²) in [7, 11) is 0. The van der Waals surface area contributed by atoms with Crippen molar-refractivity contribution in [3.05, 3.63) is 83.2 Å². The van der Waals surface area contributed by atoms with Crippen molar-refractivity contribution < 1.29 is 28.3 Å². The smallest absolute Gasteiger partial charge is 0.296 e. The minimum absolute atomic E-state index is 0.00168. The van der Waals surface area contributed by atoms with E-state index in [1.54, 1.807) is 36.4 Å². The van der Waals surface area contributed by atoms with Gasteiger partial charge in [0.05, 0.1) is 31.3 Å². The Kier molecular flexibility index (Phi) is 4.43. The number of carbonyl (C=O) groups is 2. The molecule has 2 aromatic heterocycles. The number of carbonyl (C=O) groups excluding carboxylic acids is 2. The fraction of sp³-hybridized carbons (Fsp3) is 0.217. The second kappa shape index (κ2) is 7.26. The van der Waals surface area contributed by atoms with Crippen LogP contribution in [0, 0.1) is 0 Å². The van der Waals surface area contributed by atoms with Gasteiger partial charge in [-0.2, -0.15) is 0 Å². The number of aliphatic hydroxyl groups is 1. The molecule has 4 heterocycles. The standard InChI is InChI=1S/C23H19NO6/c25-21(15-7-8-17-14(12-15)4-1-10-29-17)19-20(18-6-3-11-30-18)24(23(27)22(19)26)13-16-5-2-9-28-16/h2-3,5-9,11-12,20,25H,1,4,10,13H2/b21-19-. The van der Waals surface area contributed by atoms with E-state index >= 15 is 0 Å². The van der Waals surface area contributed by atoms with E-state index in [2.05, 4.69) is 0 Å². The molecule has 1 aromatic carbocycles. The van der Waals surface area contributed by atoms with E-state index in [1.165, 1.54) is 17.4 Å². The third-order valence-electron chi connectivity index (χ3n) is 5.44. The Bertz CT molecular complexity index is 1130. The molecule has 0 spiro atoms. The lowest BCUT2D eigenvalue weighted by atomic mass is 9.96. The number of aryl methyl sites for hydroxylation is 1. The van der Waals surface area contributed by atoms with Crippen LogP contribution in [-0.4, -0.2) is 28.3 Å². The molecule has 7 heteroatoms. The number of amides is 1. The van der Waals surface area contributed by atoms with Crippen molar-refractivity contribution in [2.75, 3.05) is 6.61 Å². The van der Waals surface area contributed by atoms with Gasteiger partial charge < -0.3 is 23.6 Å². The number of furan rings is 2. The predicted octanol–water partition coefficient (Wildman–Crippen LogP) is 3.82. The molecule has 1 unspecified atom stereocenters. The monoisotopic (exact) mass is 405 g/mol. The number of rotatable bonds is 4. The lowest BCUT2D eigenvalue weighted by Crippen LogP contribution is -2.28. The molecule has 0 radical (unpaired) electrons. The van der Waals surface area contributed by atoms with Gasteiger partial charge >= 0.3 is 0 Å². The largest absolute Gasteiger partial charge is 0.507 e. The van der Waals surface area contributed by atoms with Gasteiger partial charge in [-0.3, -0.25) is 9.59 Å². The molecule has 5 rings (SSSR count). The maximum atomic E-state index is 12.9. The SMILES string of the molecule is O=C1C(=O)N(Cc2ccco2)C(c2ccco2)/C1=C(/O)c1ccc2c(c1)CCCO2. The van der Waals surface area contributed by atoms with Crippen molar-refractivity contribution >= 4 is 17.4 Å². The molecule has 2 aliphatic rings. The van der Waals surface area contributed by atoms with E-state index in [-0.39, 0.29) is 17.9 Å². The molecule has 1 N–H and O–H groups in total. The average Bonchev–Trinajstić information content (AvgIpc) is 3.52. The van der Waals surface area contributed by atoms with Crippen LogP contribution in [0.1, 0.15) is 35.1 Å². The lowest BCUT2D eigenvalue weighted by molar-refractivity contribution is -0.140. The highest BCUT2D eigenvalue weighted by atomic mass is 16.5. The molecular formula is C23H19NO6. The van der Waals surface area contributed by atoms with Gasteiger partial charge in [0.2, 0.25) is 0 Å². The first-order valence-electron chi connectivity index (χ1n) is 9.74. The van der Waals surface area contributed by atoms with Gasteiger partial charge in [0.25, 0.3) is 11.7 Å². The first-order chi connectivity index (χ1) is 14.6. The molecular weight excluding hydrogens is 386 g/mol. The molecule has 0 saturated carbocycles. The number of fused-ring (bicyclic) bond motifs is 1. The summed E-state index contributed by atoms with van der Waals surface area (Å²) in [5, 5.41) is 11.1. The minimum atomic E-state index is -0.850. The fourth-order valence-electron chi connectivity index (χ4n) is 4.02. The van der Waals surface area contributed by atoms with Crippen molar-refractivity contribution in [1.82, 2.24) is 4.90 Å². The zero-order chi connectivity index (χ0) is 20.7. The predicted molar refractivity (Wildman–Crippen MR) is 106 cm³/mol. The first kappa shape index (κ1) is 18.3. The Morgan fingerprint density at radius 2 is 1.93 bits per heavy atom. The minimum Gasteiger partial charge on any atom is -0.507 e. The second-order valence-corrected chi connectivity index (χ2v) is 7.30. The van der Waals surface area contributed by atoms with Gasteiger partial charge in [-0.05, 0) is 60.9 Å². The third-order valence-corrected chi connectivity index (χ3v) is 5.44. The summed E-state index contributed by atoms with van der Waals surface area (Å²) in [5.41, 5.74) is 1.43. The Morgan fingerprint density at radius 3 is 2.70 bits per heavy atom. The summed E-state index contributed by atoms with van der Waals surface area (Å²) < 4.78 is 16.5. The second-order valence-electron chi connectivity index (χ2n) is 7.30. The lowest BCUT2D eigenvalue weighted by Gasteiger charge is -2.22. The van der Waals surface area contributed by atoms with Gasteiger partial charge in [-0.25, -0.2) is 0 Å². The highest BCUT2D eigenvalue weighted by Gasteiger charge is 2.47. The molecule has 0 aliphatic carbocycles. The van der Waals surface area contributed by atoms with E-state index in [0.29, 0.717) is 23.7 Å². The Morgan fingerprint density at radius 1 is 1.10 bits per heavy atom. The van der Waals surface area contributed by atoms with Gasteiger partial charge in [0.1, 0.15) is 29.1 Å². The topological polar surface area (TPSA) is 93.1 Å². The molecule has 1 fully saturated rings. The number of ketones is 1. The molecule has 1 atom stereocenters. The molecule has 1 amide bonds. The molecule has 0 bridgehead atoms. The van der Waals surface area contributed by atoms with Gasteiger partial charge in [-0.15, -0.1) is 0 Å².